The van der Waals surface area contributed by atoms with Crippen molar-refractivity contribution in [1.82, 2.24) is 5.32 Å². The van der Waals surface area contributed by atoms with E-state index in [9.17, 15) is 9.59 Å². The van der Waals surface area contributed by atoms with Crippen LogP contribution in [0.25, 0.3) is 6.08 Å². The van der Waals surface area contributed by atoms with Gasteiger partial charge in [0, 0.05) is 18.2 Å². The molecule has 28 heavy (non-hydrogen) atoms. The number of aryl methyl sites for hydroxylation is 2. The third-order valence-corrected chi connectivity index (χ3v) is 5.44. The third-order valence-electron chi connectivity index (χ3n) is 4.37. The molecule has 1 N–H and O–H groups in total. The van der Waals surface area contributed by atoms with Crippen LogP contribution in [0.15, 0.2) is 64.8 Å². The molecule has 142 valence electrons. The smallest absolute Gasteiger partial charge is 0.240 e. The minimum atomic E-state index is -0.483. The van der Waals surface area contributed by atoms with Crippen LogP contribution in [0.5, 0.6) is 0 Å². The Kier molecular flexibility index (Phi) is 6.55. The third kappa shape index (κ3) is 5.27. The molecule has 6 heteroatoms. The number of allylic oxidation sites excluding steroid dienone is 1. The summed E-state index contributed by atoms with van der Waals surface area (Å²) in [6, 6.07) is 15.4. The largest absolute Gasteiger partial charge is 0.303 e. The molecular formula is C22H21N3O2S. The summed E-state index contributed by atoms with van der Waals surface area (Å²) in [5.74, 6) is -0.262. The van der Waals surface area contributed by atoms with Gasteiger partial charge in [-0.1, -0.05) is 60.3 Å². The first-order valence-electron chi connectivity index (χ1n) is 8.93. The number of amidine groups is 1. The number of hydrogen-bond donors (Lipinski definition) is 1. The first-order valence-corrected chi connectivity index (χ1v) is 9.81. The molecule has 2 aromatic carbocycles. The van der Waals surface area contributed by atoms with Gasteiger partial charge < -0.3 is 5.32 Å². The molecule has 1 saturated heterocycles. The molecule has 2 aromatic rings. The molecule has 0 aromatic heterocycles. The predicted molar refractivity (Wildman–Crippen MR) is 116 cm³/mol. The number of nitrogens with one attached hydrogen (secondary N) is 1. The van der Waals surface area contributed by atoms with E-state index in [-0.39, 0.29) is 18.1 Å². The highest BCUT2D eigenvalue weighted by molar-refractivity contribution is 8.15. The number of amides is 1. The van der Waals surface area contributed by atoms with Crippen LogP contribution in [0.3, 0.4) is 0 Å². The van der Waals surface area contributed by atoms with Crippen LogP contribution in [0, 0.1) is 13.8 Å². The van der Waals surface area contributed by atoms with Crippen LogP contribution < -0.4 is 5.32 Å². The van der Waals surface area contributed by atoms with Crippen LogP contribution >= 0.6 is 11.8 Å². The Balaban J connectivity index is 1.56. The highest BCUT2D eigenvalue weighted by Crippen LogP contribution is 2.24. The minimum Gasteiger partial charge on any atom is -0.303 e. The zero-order chi connectivity index (χ0) is 19.9. The van der Waals surface area contributed by atoms with Gasteiger partial charge in [-0.15, -0.1) is 5.10 Å². The van der Waals surface area contributed by atoms with Gasteiger partial charge in [0.05, 0.1) is 5.25 Å². The van der Waals surface area contributed by atoms with Gasteiger partial charge in [0.2, 0.25) is 5.91 Å². The lowest BCUT2D eigenvalue weighted by Crippen LogP contribution is -2.26. The fraction of sp³-hybridized carbons (Fsp3) is 0.182. The molecule has 0 radical (unpaired) electrons. The molecule has 0 bridgehead atoms. The van der Waals surface area contributed by atoms with Crippen LogP contribution in [0.2, 0.25) is 0 Å². The molecule has 0 spiro atoms. The van der Waals surface area contributed by atoms with E-state index in [0.29, 0.717) is 10.7 Å². The normalized spacial score (nSPS) is 18.3. The van der Waals surface area contributed by atoms with Gasteiger partial charge in [-0.25, -0.2) is 0 Å². The number of rotatable bonds is 6. The number of carbonyl (C=O) groups excluding carboxylic acids is 2. The Morgan fingerprint density at radius 2 is 1.93 bits per heavy atom. The zero-order valence-corrected chi connectivity index (χ0v) is 16.6. The van der Waals surface area contributed by atoms with Crippen molar-refractivity contribution < 1.29 is 9.59 Å². The van der Waals surface area contributed by atoms with E-state index in [1.165, 1.54) is 11.8 Å². The van der Waals surface area contributed by atoms with Gasteiger partial charge in [0.1, 0.15) is 0 Å². The molecule has 3 rings (SSSR count). The molecule has 5 nitrogen and oxygen atoms in total. The van der Waals surface area contributed by atoms with E-state index in [4.69, 9.17) is 0 Å². The van der Waals surface area contributed by atoms with Gasteiger partial charge in [0.15, 0.2) is 11.0 Å². The summed E-state index contributed by atoms with van der Waals surface area (Å²) >= 11 is 1.23. The van der Waals surface area contributed by atoms with E-state index >= 15 is 0 Å². The van der Waals surface area contributed by atoms with Crippen molar-refractivity contribution in [2.45, 2.75) is 25.5 Å². The van der Waals surface area contributed by atoms with Gasteiger partial charge >= 0.3 is 0 Å². The van der Waals surface area contributed by atoms with E-state index in [1.807, 2.05) is 62.4 Å². The van der Waals surface area contributed by atoms with Crippen LogP contribution in [-0.2, 0) is 4.79 Å². The summed E-state index contributed by atoms with van der Waals surface area (Å²) in [7, 11) is 0. The van der Waals surface area contributed by atoms with Gasteiger partial charge in [-0.05, 0) is 42.7 Å². The quantitative estimate of drug-likeness (QED) is 0.457. The average Bonchev–Trinajstić information content (AvgIpc) is 3.03. The minimum absolute atomic E-state index is 0.0497. The molecule has 1 aliphatic rings. The van der Waals surface area contributed by atoms with E-state index < -0.39 is 5.25 Å². The van der Waals surface area contributed by atoms with E-state index in [2.05, 4.69) is 15.5 Å². The Labute approximate surface area is 168 Å². The maximum atomic E-state index is 12.5. The molecule has 0 saturated carbocycles. The predicted octanol–water partition coefficient (Wildman–Crippen LogP) is 4.16. The number of Topliss-reactive ketones (excluding diaryl/α,β-unsaturated/α-hetero) is 1. The van der Waals surface area contributed by atoms with Gasteiger partial charge in [-0.3, -0.25) is 9.59 Å². The highest BCUT2D eigenvalue weighted by Gasteiger charge is 2.32. The molecule has 1 unspecified atom stereocenters. The lowest BCUT2D eigenvalue weighted by Gasteiger charge is -2.06. The number of hydrogen-bond acceptors (Lipinski definition) is 5. The Morgan fingerprint density at radius 3 is 2.68 bits per heavy atom. The average molecular weight is 391 g/mol. The van der Waals surface area contributed by atoms with Crippen molar-refractivity contribution in [2.75, 3.05) is 0 Å². The van der Waals surface area contributed by atoms with E-state index in [1.54, 1.807) is 18.4 Å². The maximum absolute atomic E-state index is 12.5. The lowest BCUT2D eigenvalue weighted by atomic mass is 10.0. The van der Waals surface area contributed by atoms with Crippen molar-refractivity contribution in [3.63, 3.8) is 0 Å². The second-order valence-corrected chi connectivity index (χ2v) is 7.65. The number of nitrogens with zero attached hydrogens (tertiary/aromatic N) is 2. The first kappa shape index (κ1) is 19.8. The van der Waals surface area contributed by atoms with Crippen molar-refractivity contribution in [3.05, 3.63) is 76.9 Å². The topological polar surface area (TPSA) is 70.9 Å². The summed E-state index contributed by atoms with van der Waals surface area (Å²) in [5, 5.41) is 10.6. The summed E-state index contributed by atoms with van der Waals surface area (Å²) in [6.45, 7) is 3.97. The summed E-state index contributed by atoms with van der Waals surface area (Å²) in [4.78, 5) is 24.6. The van der Waals surface area contributed by atoms with Gasteiger partial charge in [0.25, 0.3) is 0 Å². The molecule has 1 amide bonds. The summed E-state index contributed by atoms with van der Waals surface area (Å²) in [5.41, 5.74) is 3.90. The number of thioether (sulfide) groups is 1. The van der Waals surface area contributed by atoms with Crippen molar-refractivity contribution >= 4 is 40.9 Å². The van der Waals surface area contributed by atoms with Crippen molar-refractivity contribution in [1.29, 1.82) is 0 Å². The van der Waals surface area contributed by atoms with E-state index in [0.717, 1.165) is 16.7 Å². The number of ketones is 1. The molecule has 0 aliphatic carbocycles. The van der Waals surface area contributed by atoms with Crippen molar-refractivity contribution in [2.24, 2.45) is 10.2 Å². The van der Waals surface area contributed by atoms with Gasteiger partial charge in [-0.2, -0.15) is 5.10 Å². The molecular weight excluding hydrogens is 370 g/mol. The Morgan fingerprint density at radius 1 is 1.14 bits per heavy atom. The fourth-order valence-electron chi connectivity index (χ4n) is 2.63. The number of carbonyl (C=O) groups is 2. The SMILES string of the molecule is Cc1ccc(C(=O)CC2S/C(=N/N=C/C=C\c3ccccc3)NC2=O)cc1C. The second-order valence-electron chi connectivity index (χ2n) is 6.46. The molecule has 1 fully saturated rings. The van der Waals surface area contributed by atoms with Crippen molar-refractivity contribution in [3.8, 4) is 0 Å². The maximum Gasteiger partial charge on any atom is 0.240 e. The van der Waals surface area contributed by atoms with Crippen LogP contribution in [0.1, 0.15) is 33.5 Å². The Bertz CT molecular complexity index is 965. The molecule has 1 aliphatic heterocycles. The second kappa shape index (κ2) is 9.28. The summed E-state index contributed by atoms with van der Waals surface area (Å²) < 4.78 is 0. The highest BCUT2D eigenvalue weighted by atomic mass is 32.2. The fourth-order valence-corrected chi connectivity index (χ4v) is 3.55. The molecule has 1 atom stereocenters. The monoisotopic (exact) mass is 391 g/mol. The summed E-state index contributed by atoms with van der Waals surface area (Å²) in [6.07, 6.45) is 5.38. The lowest BCUT2D eigenvalue weighted by molar-refractivity contribution is -0.118. The first-order chi connectivity index (χ1) is 13.5. The van der Waals surface area contributed by atoms with Crippen LogP contribution in [0.4, 0.5) is 0 Å². The standard InChI is InChI=1S/C22H21N3O2S/c1-15-10-11-18(13-16(15)2)19(26)14-20-21(27)24-22(28-20)25-23-12-6-9-17-7-4-3-5-8-17/h3-13,20H,14H2,1-2H3,(H,24,25,27)/b9-6-,23-12+. The number of benzene rings is 2. The van der Waals surface area contributed by atoms with Crippen LogP contribution in [-0.4, -0.2) is 28.3 Å². The Hall–Kier alpha value is -2.99. The molecule has 1 heterocycles. The zero-order valence-electron chi connectivity index (χ0n) is 15.8.